The minimum atomic E-state index is -0.336. The van der Waals surface area contributed by atoms with Crippen molar-refractivity contribution < 1.29 is 4.79 Å². The first-order chi connectivity index (χ1) is 15.1. The number of hydrogen-bond acceptors (Lipinski definition) is 3. The number of carbonyl (C=O) groups excluding carboxylic acids is 1. The fraction of sp³-hybridized carbons (Fsp3) is 0.231. The number of rotatable bonds is 5. The van der Waals surface area contributed by atoms with Crippen LogP contribution in [0, 0.1) is 6.92 Å². The topological polar surface area (TPSA) is 56.4 Å². The van der Waals surface area contributed by atoms with Crippen LogP contribution in [0.4, 0.5) is 0 Å². The van der Waals surface area contributed by atoms with E-state index in [1.54, 1.807) is 11.0 Å². The lowest BCUT2D eigenvalue weighted by atomic mass is 10.1. The van der Waals surface area contributed by atoms with Crippen LogP contribution in [0.1, 0.15) is 21.5 Å². The van der Waals surface area contributed by atoms with Gasteiger partial charge >= 0.3 is 0 Å². The summed E-state index contributed by atoms with van der Waals surface area (Å²) in [6.07, 6.45) is 4.27. The molecule has 2 aromatic carbocycles. The summed E-state index contributed by atoms with van der Waals surface area (Å²) >= 11 is 0. The van der Waals surface area contributed by atoms with Crippen molar-refractivity contribution in [2.24, 2.45) is 0 Å². The molecule has 1 aromatic heterocycles. The first-order valence-corrected chi connectivity index (χ1v) is 10.6. The Bertz CT molecular complexity index is 1130. The van der Waals surface area contributed by atoms with E-state index in [-0.39, 0.29) is 17.0 Å². The van der Waals surface area contributed by atoms with Gasteiger partial charge in [0.05, 0.1) is 0 Å². The summed E-state index contributed by atoms with van der Waals surface area (Å²) in [5.41, 5.74) is 3.83. The third-order valence-corrected chi connectivity index (χ3v) is 5.60. The maximum Gasteiger partial charge on any atom is 0.261 e. The lowest BCUT2D eigenvalue weighted by Gasteiger charge is -2.34. The van der Waals surface area contributed by atoms with Crippen molar-refractivity contribution in [3.8, 4) is 11.3 Å². The summed E-state index contributed by atoms with van der Waals surface area (Å²) < 4.78 is 0. The number of benzene rings is 2. The van der Waals surface area contributed by atoms with Crippen molar-refractivity contribution in [2.75, 3.05) is 32.7 Å². The van der Waals surface area contributed by atoms with E-state index in [0.29, 0.717) is 13.1 Å². The first kappa shape index (κ1) is 20.8. The molecule has 5 nitrogen and oxygen atoms in total. The summed E-state index contributed by atoms with van der Waals surface area (Å²) in [5.74, 6) is -0.198. The van der Waals surface area contributed by atoms with Crippen LogP contribution in [-0.2, 0) is 0 Å². The second-order valence-electron chi connectivity index (χ2n) is 7.89. The predicted octanol–water partition coefficient (Wildman–Crippen LogP) is 3.82. The molecule has 0 atom stereocenters. The van der Waals surface area contributed by atoms with Crippen LogP contribution in [0.25, 0.3) is 17.3 Å². The molecular formula is C26H27N3O2. The van der Waals surface area contributed by atoms with Gasteiger partial charge in [0.1, 0.15) is 5.56 Å². The van der Waals surface area contributed by atoms with Crippen LogP contribution >= 0.6 is 0 Å². The van der Waals surface area contributed by atoms with Gasteiger partial charge in [-0.05, 0) is 36.2 Å². The normalized spacial score (nSPS) is 14.8. The SMILES string of the molecule is Cc1cccc(-c2ccc(C(=O)N3CCN(C/C=C/c4ccccc4)CC3)c(=O)[nH]2)c1. The molecule has 5 heteroatoms. The molecule has 4 rings (SSSR count). The molecule has 1 N–H and O–H groups in total. The Labute approximate surface area is 182 Å². The molecule has 0 spiro atoms. The lowest BCUT2D eigenvalue weighted by Crippen LogP contribution is -2.49. The van der Waals surface area contributed by atoms with E-state index in [1.165, 1.54) is 5.56 Å². The zero-order chi connectivity index (χ0) is 21.6. The highest BCUT2D eigenvalue weighted by Gasteiger charge is 2.23. The number of carbonyl (C=O) groups is 1. The van der Waals surface area contributed by atoms with Gasteiger partial charge in [0, 0.05) is 38.4 Å². The summed E-state index contributed by atoms with van der Waals surface area (Å²) in [6, 6.07) is 21.6. The van der Waals surface area contributed by atoms with Crippen LogP contribution in [-0.4, -0.2) is 53.4 Å². The molecule has 0 radical (unpaired) electrons. The molecule has 31 heavy (non-hydrogen) atoms. The summed E-state index contributed by atoms with van der Waals surface area (Å²) in [6.45, 7) is 5.70. The van der Waals surface area contributed by atoms with Crippen LogP contribution in [0.5, 0.6) is 0 Å². The summed E-state index contributed by atoms with van der Waals surface area (Å²) in [7, 11) is 0. The third-order valence-electron chi connectivity index (χ3n) is 5.60. The number of amides is 1. The molecule has 0 bridgehead atoms. The lowest BCUT2D eigenvalue weighted by molar-refractivity contribution is 0.0648. The first-order valence-electron chi connectivity index (χ1n) is 10.6. The molecule has 3 aromatic rings. The fourth-order valence-corrected chi connectivity index (χ4v) is 3.83. The van der Waals surface area contributed by atoms with E-state index in [0.717, 1.165) is 36.5 Å². The second-order valence-corrected chi connectivity index (χ2v) is 7.89. The van der Waals surface area contributed by atoms with Crippen molar-refractivity contribution in [3.63, 3.8) is 0 Å². The van der Waals surface area contributed by atoms with Crippen LogP contribution in [0.15, 0.2) is 77.6 Å². The summed E-state index contributed by atoms with van der Waals surface area (Å²) in [5, 5.41) is 0. The van der Waals surface area contributed by atoms with Gasteiger partial charge in [-0.3, -0.25) is 14.5 Å². The Morgan fingerprint density at radius 1 is 0.968 bits per heavy atom. The minimum absolute atomic E-state index is 0.198. The maximum atomic E-state index is 12.9. The summed E-state index contributed by atoms with van der Waals surface area (Å²) in [4.78, 5) is 32.5. The molecule has 158 valence electrons. The Balaban J connectivity index is 1.35. The number of hydrogen-bond donors (Lipinski definition) is 1. The Kier molecular flexibility index (Phi) is 6.43. The quantitative estimate of drug-likeness (QED) is 0.692. The zero-order valence-electron chi connectivity index (χ0n) is 17.8. The molecule has 1 amide bonds. The smallest absolute Gasteiger partial charge is 0.261 e. The molecule has 0 unspecified atom stereocenters. The van der Waals surface area contributed by atoms with E-state index >= 15 is 0 Å². The molecule has 1 aliphatic heterocycles. The number of aromatic nitrogens is 1. The molecule has 2 heterocycles. The molecule has 1 aliphatic rings. The number of aryl methyl sites for hydroxylation is 1. The molecule has 0 aliphatic carbocycles. The van der Waals surface area contributed by atoms with E-state index in [9.17, 15) is 9.59 Å². The minimum Gasteiger partial charge on any atom is -0.336 e. The van der Waals surface area contributed by atoms with Crippen molar-refractivity contribution >= 4 is 12.0 Å². The highest BCUT2D eigenvalue weighted by molar-refractivity contribution is 5.94. The van der Waals surface area contributed by atoms with Gasteiger partial charge in [0.25, 0.3) is 11.5 Å². The van der Waals surface area contributed by atoms with Gasteiger partial charge in [-0.25, -0.2) is 0 Å². The molecule has 1 saturated heterocycles. The number of piperazine rings is 1. The van der Waals surface area contributed by atoms with E-state index in [1.807, 2.05) is 55.5 Å². The average Bonchev–Trinajstić information content (AvgIpc) is 2.80. The standard InChI is InChI=1S/C26H27N3O2/c1-20-7-5-11-22(19-20)24-13-12-23(25(30)27-24)26(31)29-17-15-28(16-18-29)14-6-10-21-8-3-2-4-9-21/h2-13,19H,14-18H2,1H3,(H,27,30)/b10-6+. The average molecular weight is 414 g/mol. The van der Waals surface area contributed by atoms with E-state index in [2.05, 4.69) is 34.2 Å². The van der Waals surface area contributed by atoms with Crippen molar-refractivity contribution in [2.45, 2.75) is 6.92 Å². The van der Waals surface area contributed by atoms with Crippen molar-refractivity contribution in [1.82, 2.24) is 14.8 Å². The number of aromatic amines is 1. The van der Waals surface area contributed by atoms with Crippen LogP contribution in [0.2, 0.25) is 0 Å². The number of nitrogens with zero attached hydrogens (tertiary/aromatic N) is 2. The molecule has 0 saturated carbocycles. The Morgan fingerprint density at radius 2 is 1.74 bits per heavy atom. The van der Waals surface area contributed by atoms with Crippen LogP contribution < -0.4 is 5.56 Å². The van der Waals surface area contributed by atoms with Gasteiger partial charge in [0.2, 0.25) is 0 Å². The fourth-order valence-electron chi connectivity index (χ4n) is 3.83. The van der Waals surface area contributed by atoms with E-state index < -0.39 is 0 Å². The van der Waals surface area contributed by atoms with Gasteiger partial charge in [-0.2, -0.15) is 0 Å². The van der Waals surface area contributed by atoms with Gasteiger partial charge in [0.15, 0.2) is 0 Å². The molecular weight excluding hydrogens is 386 g/mol. The number of pyridine rings is 1. The van der Waals surface area contributed by atoms with Gasteiger partial charge < -0.3 is 9.88 Å². The maximum absolute atomic E-state index is 12.9. The monoisotopic (exact) mass is 413 g/mol. The van der Waals surface area contributed by atoms with Gasteiger partial charge in [-0.1, -0.05) is 66.2 Å². The highest BCUT2D eigenvalue weighted by atomic mass is 16.2. The van der Waals surface area contributed by atoms with Crippen molar-refractivity contribution in [1.29, 1.82) is 0 Å². The van der Waals surface area contributed by atoms with Crippen molar-refractivity contribution in [3.05, 3.63) is 99.9 Å². The van der Waals surface area contributed by atoms with Gasteiger partial charge in [-0.15, -0.1) is 0 Å². The predicted molar refractivity (Wildman–Crippen MR) is 125 cm³/mol. The number of H-pyrrole nitrogens is 1. The third kappa shape index (κ3) is 5.19. The second kappa shape index (κ2) is 9.58. The Hall–Kier alpha value is -3.44. The Morgan fingerprint density at radius 3 is 2.45 bits per heavy atom. The van der Waals surface area contributed by atoms with E-state index in [4.69, 9.17) is 0 Å². The zero-order valence-corrected chi connectivity index (χ0v) is 17.8. The van der Waals surface area contributed by atoms with Crippen LogP contribution in [0.3, 0.4) is 0 Å². The highest BCUT2D eigenvalue weighted by Crippen LogP contribution is 2.17. The molecule has 1 fully saturated rings. The largest absolute Gasteiger partial charge is 0.336 e. The number of nitrogens with one attached hydrogen (secondary N) is 1.